The number of rotatable bonds is 8. The van der Waals surface area contributed by atoms with Gasteiger partial charge in [0.25, 0.3) is 0 Å². The van der Waals surface area contributed by atoms with Crippen molar-refractivity contribution in [1.82, 2.24) is 10.2 Å². The molecule has 1 N–H and O–H groups in total. The summed E-state index contributed by atoms with van der Waals surface area (Å²) in [6, 6.07) is 15.4. The molecule has 136 valence electrons. The Bertz CT molecular complexity index is 762. The third kappa shape index (κ3) is 5.34. The van der Waals surface area contributed by atoms with E-state index in [1.807, 2.05) is 60.4 Å². The third-order valence-electron chi connectivity index (χ3n) is 4.03. The van der Waals surface area contributed by atoms with Crippen molar-refractivity contribution in [2.24, 2.45) is 0 Å². The molecular weight excluding hydrogens is 396 g/mol. The van der Waals surface area contributed by atoms with Gasteiger partial charge in [-0.25, -0.2) is 0 Å². The molecule has 1 aromatic carbocycles. The molecule has 0 unspecified atom stereocenters. The minimum absolute atomic E-state index is 0.0430. The van der Waals surface area contributed by atoms with Gasteiger partial charge < -0.3 is 14.2 Å². The first-order chi connectivity index (χ1) is 12.6. The molecule has 2 heterocycles. The number of hydrogen-bond acceptors (Lipinski definition) is 4. The van der Waals surface area contributed by atoms with Crippen molar-refractivity contribution in [1.29, 1.82) is 0 Å². The fraction of sp³-hybridized carbons (Fsp3) is 0.250. The molecular formula is C20H21BrN2O3. The van der Waals surface area contributed by atoms with Gasteiger partial charge in [-0.2, -0.15) is 0 Å². The van der Waals surface area contributed by atoms with E-state index in [0.717, 1.165) is 21.6 Å². The van der Waals surface area contributed by atoms with Gasteiger partial charge in [-0.1, -0.05) is 28.1 Å². The molecule has 3 aromatic rings. The van der Waals surface area contributed by atoms with Crippen molar-refractivity contribution in [2.45, 2.75) is 26.1 Å². The van der Waals surface area contributed by atoms with Crippen LogP contribution in [0.4, 0.5) is 0 Å². The second-order valence-corrected chi connectivity index (χ2v) is 7.06. The van der Waals surface area contributed by atoms with Gasteiger partial charge in [0.15, 0.2) is 0 Å². The molecule has 6 heteroatoms. The summed E-state index contributed by atoms with van der Waals surface area (Å²) in [7, 11) is 0. The summed E-state index contributed by atoms with van der Waals surface area (Å²) in [5.74, 6) is 1.58. The Labute approximate surface area is 161 Å². The van der Waals surface area contributed by atoms with Crippen LogP contribution in [0.3, 0.4) is 0 Å². The highest BCUT2D eigenvalue weighted by atomic mass is 79.9. The monoisotopic (exact) mass is 416 g/mol. The first-order valence-electron chi connectivity index (χ1n) is 8.42. The second kappa shape index (κ2) is 8.87. The molecule has 0 radical (unpaired) electrons. The molecule has 3 rings (SSSR count). The van der Waals surface area contributed by atoms with Gasteiger partial charge in [0.05, 0.1) is 38.2 Å². The summed E-state index contributed by atoms with van der Waals surface area (Å²) < 4.78 is 11.9. The van der Waals surface area contributed by atoms with E-state index >= 15 is 0 Å². The number of halogens is 1. The lowest BCUT2D eigenvalue weighted by Crippen LogP contribution is -2.37. The highest BCUT2D eigenvalue weighted by Crippen LogP contribution is 2.17. The zero-order valence-corrected chi connectivity index (χ0v) is 16.1. The van der Waals surface area contributed by atoms with Crippen molar-refractivity contribution in [3.05, 3.63) is 82.6 Å². The molecule has 1 amide bonds. The molecule has 2 aromatic heterocycles. The predicted molar refractivity (Wildman–Crippen MR) is 102 cm³/mol. The van der Waals surface area contributed by atoms with Crippen LogP contribution in [0.15, 0.2) is 74.4 Å². The molecule has 0 saturated heterocycles. The maximum Gasteiger partial charge on any atom is 0.234 e. The van der Waals surface area contributed by atoms with E-state index in [9.17, 15) is 4.79 Å². The van der Waals surface area contributed by atoms with Gasteiger partial charge in [-0.3, -0.25) is 9.69 Å². The molecule has 0 fully saturated rings. The van der Waals surface area contributed by atoms with Crippen molar-refractivity contribution < 1.29 is 13.6 Å². The van der Waals surface area contributed by atoms with Crippen LogP contribution in [0.25, 0.3) is 0 Å². The smallest absolute Gasteiger partial charge is 0.234 e. The first kappa shape index (κ1) is 18.5. The average Bonchev–Trinajstić information content (AvgIpc) is 3.29. The van der Waals surface area contributed by atoms with Crippen LogP contribution in [0, 0.1) is 0 Å². The number of carbonyl (C=O) groups is 1. The molecule has 0 aliphatic heterocycles. The summed E-state index contributed by atoms with van der Waals surface area (Å²) in [5, 5.41) is 3.05. The van der Waals surface area contributed by atoms with Gasteiger partial charge in [0.1, 0.15) is 11.5 Å². The van der Waals surface area contributed by atoms with Crippen LogP contribution in [-0.2, 0) is 17.9 Å². The number of furan rings is 2. The Morgan fingerprint density at radius 2 is 1.62 bits per heavy atom. The fourth-order valence-corrected chi connectivity index (χ4v) is 3.00. The normalized spacial score (nSPS) is 12.3. The van der Waals surface area contributed by atoms with E-state index in [1.165, 1.54) is 0 Å². The van der Waals surface area contributed by atoms with E-state index in [-0.39, 0.29) is 18.5 Å². The molecule has 5 nitrogen and oxygen atoms in total. The van der Waals surface area contributed by atoms with E-state index in [1.54, 1.807) is 12.5 Å². The van der Waals surface area contributed by atoms with Crippen LogP contribution in [0.5, 0.6) is 0 Å². The summed E-state index contributed by atoms with van der Waals surface area (Å²) in [4.78, 5) is 14.5. The summed E-state index contributed by atoms with van der Waals surface area (Å²) in [5.41, 5.74) is 1.06. The Hall–Kier alpha value is -2.31. The number of nitrogens with one attached hydrogen (secondary N) is 1. The Kier molecular flexibility index (Phi) is 6.30. The lowest BCUT2D eigenvalue weighted by molar-refractivity contribution is -0.123. The van der Waals surface area contributed by atoms with Crippen molar-refractivity contribution in [3.8, 4) is 0 Å². The lowest BCUT2D eigenvalue weighted by atomic mass is 10.1. The minimum atomic E-state index is -0.0651. The lowest BCUT2D eigenvalue weighted by Gasteiger charge is -2.21. The zero-order valence-electron chi connectivity index (χ0n) is 14.5. The summed E-state index contributed by atoms with van der Waals surface area (Å²) >= 11 is 3.42. The minimum Gasteiger partial charge on any atom is -0.468 e. The van der Waals surface area contributed by atoms with Crippen LogP contribution in [-0.4, -0.2) is 17.4 Å². The van der Waals surface area contributed by atoms with Crippen molar-refractivity contribution in [3.63, 3.8) is 0 Å². The quantitative estimate of drug-likeness (QED) is 0.586. The maximum atomic E-state index is 12.5. The largest absolute Gasteiger partial charge is 0.468 e. The van der Waals surface area contributed by atoms with Crippen molar-refractivity contribution >= 4 is 21.8 Å². The topological polar surface area (TPSA) is 58.6 Å². The Morgan fingerprint density at radius 1 is 1.04 bits per heavy atom. The van der Waals surface area contributed by atoms with Gasteiger partial charge in [0.2, 0.25) is 5.91 Å². The average molecular weight is 417 g/mol. The molecule has 1 atom stereocenters. The highest BCUT2D eigenvalue weighted by molar-refractivity contribution is 9.10. The van der Waals surface area contributed by atoms with Gasteiger partial charge >= 0.3 is 0 Å². The Morgan fingerprint density at radius 3 is 2.12 bits per heavy atom. The van der Waals surface area contributed by atoms with Gasteiger partial charge in [-0.15, -0.1) is 0 Å². The van der Waals surface area contributed by atoms with Crippen LogP contribution in [0.2, 0.25) is 0 Å². The number of amides is 1. The molecule has 0 spiro atoms. The Balaban J connectivity index is 1.61. The highest BCUT2D eigenvalue weighted by Gasteiger charge is 2.16. The van der Waals surface area contributed by atoms with Gasteiger partial charge in [0, 0.05) is 4.47 Å². The fourth-order valence-electron chi connectivity index (χ4n) is 2.74. The summed E-state index contributed by atoms with van der Waals surface area (Å²) in [6.45, 7) is 3.30. The maximum absolute atomic E-state index is 12.5. The molecule has 0 saturated carbocycles. The number of hydrogen-bond donors (Lipinski definition) is 1. The van der Waals surface area contributed by atoms with Crippen LogP contribution >= 0.6 is 15.9 Å². The SMILES string of the molecule is C[C@@H](NC(=O)CN(Cc1ccco1)Cc1ccco1)c1ccc(Br)cc1. The van der Waals surface area contributed by atoms with E-state index < -0.39 is 0 Å². The van der Waals surface area contributed by atoms with Gasteiger partial charge in [-0.05, 0) is 48.9 Å². The van der Waals surface area contributed by atoms with Crippen molar-refractivity contribution in [2.75, 3.05) is 6.54 Å². The number of benzene rings is 1. The zero-order chi connectivity index (χ0) is 18.4. The van der Waals surface area contributed by atoms with E-state index in [4.69, 9.17) is 8.83 Å². The van der Waals surface area contributed by atoms with Crippen LogP contribution in [0.1, 0.15) is 30.0 Å². The molecule has 0 aliphatic rings. The standard InChI is InChI=1S/C20H21BrN2O3/c1-15(16-6-8-17(21)9-7-16)22-20(24)14-23(12-18-4-2-10-25-18)13-19-5-3-11-26-19/h2-11,15H,12-14H2,1H3,(H,22,24)/t15-/m1/s1. The first-order valence-corrected chi connectivity index (χ1v) is 9.21. The van der Waals surface area contributed by atoms with E-state index in [0.29, 0.717) is 13.1 Å². The van der Waals surface area contributed by atoms with E-state index in [2.05, 4.69) is 21.2 Å². The molecule has 0 aliphatic carbocycles. The predicted octanol–water partition coefficient (Wildman–Crippen LogP) is 4.51. The van der Waals surface area contributed by atoms with Crippen LogP contribution < -0.4 is 5.32 Å². The molecule has 0 bridgehead atoms. The third-order valence-corrected chi connectivity index (χ3v) is 4.56. The second-order valence-electron chi connectivity index (χ2n) is 6.14. The summed E-state index contributed by atoms with van der Waals surface area (Å²) in [6.07, 6.45) is 3.27. The number of nitrogens with zero attached hydrogens (tertiary/aromatic N) is 1. The molecule has 26 heavy (non-hydrogen) atoms. The number of carbonyl (C=O) groups excluding carboxylic acids is 1.